The molecule has 9 nitrogen and oxygen atoms in total. The Kier molecular flexibility index (Phi) is 6.74. The van der Waals surface area contributed by atoms with Gasteiger partial charge >= 0.3 is 5.97 Å². The number of fused-ring (bicyclic) bond motifs is 2. The number of aryl methyl sites for hydroxylation is 1. The zero-order valence-corrected chi connectivity index (χ0v) is 19.8. The molecule has 35 heavy (non-hydrogen) atoms. The van der Waals surface area contributed by atoms with Gasteiger partial charge < -0.3 is 24.6 Å². The average molecular weight is 479 g/mol. The van der Waals surface area contributed by atoms with Gasteiger partial charge in [0, 0.05) is 42.3 Å². The number of hydrogen-bond donors (Lipinski definition) is 3. The van der Waals surface area contributed by atoms with E-state index in [0.29, 0.717) is 30.4 Å². The minimum atomic E-state index is -0.853. The van der Waals surface area contributed by atoms with Gasteiger partial charge in [0.2, 0.25) is 12.7 Å². The van der Waals surface area contributed by atoms with E-state index in [1.54, 1.807) is 0 Å². The number of aromatic nitrogens is 3. The minimum Gasteiger partial charge on any atom is -0.481 e. The Morgan fingerprint density at radius 3 is 2.91 bits per heavy atom. The van der Waals surface area contributed by atoms with E-state index in [-0.39, 0.29) is 25.0 Å². The number of nitrogens with one attached hydrogen (secondary N) is 2. The Bertz CT molecular complexity index is 1190. The number of H-pyrrole nitrogens is 1. The summed E-state index contributed by atoms with van der Waals surface area (Å²) in [5, 5.41) is 20.4. The van der Waals surface area contributed by atoms with Crippen LogP contribution < -0.4 is 19.5 Å². The predicted octanol–water partition coefficient (Wildman–Crippen LogP) is 4.27. The van der Waals surface area contributed by atoms with Gasteiger partial charge in [-0.3, -0.25) is 9.89 Å². The van der Waals surface area contributed by atoms with Crippen LogP contribution >= 0.6 is 0 Å². The summed E-state index contributed by atoms with van der Waals surface area (Å²) in [6.45, 7) is 3.64. The van der Waals surface area contributed by atoms with E-state index < -0.39 is 5.97 Å². The Balaban J connectivity index is 1.26. The lowest BCUT2D eigenvalue weighted by Crippen LogP contribution is -2.15. The van der Waals surface area contributed by atoms with Crippen molar-refractivity contribution in [3.63, 3.8) is 0 Å². The van der Waals surface area contributed by atoms with Crippen LogP contribution in [0, 0.1) is 0 Å². The third kappa shape index (κ3) is 5.18. The van der Waals surface area contributed by atoms with Gasteiger partial charge in [-0.05, 0) is 48.6 Å². The Labute approximate surface area is 203 Å². The molecular weight excluding hydrogens is 448 g/mol. The zero-order chi connectivity index (χ0) is 24.2. The zero-order valence-electron chi connectivity index (χ0n) is 19.8. The number of carboxylic acids is 1. The fourth-order valence-corrected chi connectivity index (χ4v) is 4.89. The van der Waals surface area contributed by atoms with Crippen molar-refractivity contribution in [2.45, 2.75) is 50.9 Å². The molecule has 0 aliphatic carbocycles. The van der Waals surface area contributed by atoms with Crippen molar-refractivity contribution in [2.24, 2.45) is 0 Å². The van der Waals surface area contributed by atoms with Crippen LogP contribution in [0.3, 0.4) is 0 Å². The Morgan fingerprint density at radius 2 is 2.06 bits per heavy atom. The number of nitrogens with zero attached hydrogens (tertiary/aromatic N) is 2. The first-order valence-corrected chi connectivity index (χ1v) is 12.1. The van der Waals surface area contributed by atoms with Crippen molar-refractivity contribution in [2.75, 3.05) is 25.3 Å². The van der Waals surface area contributed by atoms with Crippen LogP contribution in [0.2, 0.25) is 0 Å². The summed E-state index contributed by atoms with van der Waals surface area (Å²) in [5.74, 6) is 1.61. The summed E-state index contributed by atoms with van der Waals surface area (Å²) in [5.41, 5.74) is 3.99. The molecule has 2 unspecified atom stereocenters. The number of carboxylic acid groups (broad SMARTS) is 1. The van der Waals surface area contributed by atoms with Gasteiger partial charge in [-0.2, -0.15) is 0 Å². The summed E-state index contributed by atoms with van der Waals surface area (Å²) < 4.78 is 16.8. The second-order valence-electron chi connectivity index (χ2n) is 8.93. The smallest absolute Gasteiger partial charge is 0.303 e. The number of pyridine rings is 1. The quantitative estimate of drug-likeness (QED) is 0.395. The third-order valence-corrected chi connectivity index (χ3v) is 6.68. The predicted molar refractivity (Wildman–Crippen MR) is 129 cm³/mol. The van der Waals surface area contributed by atoms with E-state index in [2.05, 4.69) is 27.6 Å². The molecule has 2 aliphatic heterocycles. The van der Waals surface area contributed by atoms with E-state index >= 15 is 0 Å². The molecule has 0 saturated carbocycles. The highest BCUT2D eigenvalue weighted by Crippen LogP contribution is 2.42. The Morgan fingerprint density at radius 1 is 1.17 bits per heavy atom. The lowest BCUT2D eigenvalue weighted by atomic mass is 9.80. The maximum atomic E-state index is 11.7. The lowest BCUT2D eigenvalue weighted by Gasteiger charge is -2.24. The molecule has 0 radical (unpaired) electrons. The van der Waals surface area contributed by atoms with Crippen LogP contribution in [-0.2, 0) is 17.6 Å². The second kappa shape index (κ2) is 10.2. The number of carbonyl (C=O) groups is 1. The molecule has 2 atom stereocenters. The van der Waals surface area contributed by atoms with Crippen LogP contribution in [0.4, 0.5) is 5.82 Å². The van der Waals surface area contributed by atoms with Gasteiger partial charge in [0.15, 0.2) is 11.5 Å². The first kappa shape index (κ1) is 23.0. The molecule has 0 bridgehead atoms. The van der Waals surface area contributed by atoms with Crippen LogP contribution in [0.25, 0.3) is 0 Å². The number of rotatable bonds is 10. The van der Waals surface area contributed by atoms with Gasteiger partial charge in [0.1, 0.15) is 5.82 Å². The first-order chi connectivity index (χ1) is 17.1. The van der Waals surface area contributed by atoms with Crippen LogP contribution in [-0.4, -0.2) is 46.2 Å². The summed E-state index contributed by atoms with van der Waals surface area (Å²) >= 11 is 0. The van der Waals surface area contributed by atoms with Crippen molar-refractivity contribution in [3.8, 4) is 17.4 Å². The molecule has 0 fully saturated rings. The lowest BCUT2D eigenvalue weighted by molar-refractivity contribution is -0.137. The van der Waals surface area contributed by atoms with Crippen molar-refractivity contribution in [1.82, 2.24) is 15.2 Å². The summed E-state index contributed by atoms with van der Waals surface area (Å²) in [6.07, 6.45) is 3.61. The third-order valence-electron chi connectivity index (χ3n) is 6.68. The normalized spacial score (nSPS) is 15.7. The minimum absolute atomic E-state index is 0.00854. The molecule has 184 valence electrons. The molecule has 3 aromatic rings. The van der Waals surface area contributed by atoms with Crippen molar-refractivity contribution in [3.05, 3.63) is 58.9 Å². The summed E-state index contributed by atoms with van der Waals surface area (Å²) in [4.78, 5) is 16.4. The van der Waals surface area contributed by atoms with Crippen LogP contribution in [0.5, 0.6) is 17.4 Å². The average Bonchev–Trinajstić information content (AvgIpc) is 3.53. The molecule has 0 spiro atoms. The van der Waals surface area contributed by atoms with Gasteiger partial charge in [0.25, 0.3) is 0 Å². The van der Waals surface area contributed by atoms with Gasteiger partial charge in [-0.1, -0.05) is 19.1 Å². The maximum absolute atomic E-state index is 11.7. The van der Waals surface area contributed by atoms with Crippen LogP contribution in [0.15, 0.2) is 36.4 Å². The highest BCUT2D eigenvalue weighted by Gasteiger charge is 2.29. The van der Waals surface area contributed by atoms with Crippen molar-refractivity contribution < 1.29 is 24.1 Å². The molecule has 0 saturated heterocycles. The molecule has 2 aromatic heterocycles. The Hall–Kier alpha value is -3.75. The van der Waals surface area contributed by atoms with E-state index in [1.807, 2.05) is 31.2 Å². The van der Waals surface area contributed by atoms with E-state index in [4.69, 9.17) is 19.2 Å². The SMILES string of the molecule is CCC(c1cc(OCCc2ccc3c(n2)NCCC3)n[nH]1)C(CC(=O)O)c1ccc2c(c1)OCO2. The number of benzene rings is 1. The summed E-state index contributed by atoms with van der Waals surface area (Å²) in [7, 11) is 0. The van der Waals surface area contributed by atoms with Crippen molar-refractivity contribution >= 4 is 11.8 Å². The molecule has 3 N–H and O–H groups in total. The van der Waals surface area contributed by atoms with Crippen LogP contribution in [0.1, 0.15) is 60.5 Å². The molecule has 0 amide bonds. The molecule has 1 aromatic carbocycles. The van der Waals surface area contributed by atoms with Gasteiger partial charge in [-0.25, -0.2) is 4.98 Å². The number of ether oxygens (including phenoxy) is 3. The fourth-order valence-electron chi connectivity index (χ4n) is 4.89. The van der Waals surface area contributed by atoms with Gasteiger partial charge in [-0.15, -0.1) is 5.10 Å². The highest BCUT2D eigenvalue weighted by molar-refractivity contribution is 5.68. The maximum Gasteiger partial charge on any atom is 0.303 e. The van der Waals surface area contributed by atoms with E-state index in [0.717, 1.165) is 48.6 Å². The fraction of sp³-hybridized carbons (Fsp3) is 0.423. The number of hydrogen-bond acceptors (Lipinski definition) is 7. The van der Waals surface area contributed by atoms with Crippen molar-refractivity contribution in [1.29, 1.82) is 0 Å². The van der Waals surface area contributed by atoms with E-state index in [1.165, 1.54) is 5.56 Å². The number of aliphatic carboxylic acids is 1. The molecule has 5 rings (SSSR count). The first-order valence-electron chi connectivity index (χ1n) is 12.1. The largest absolute Gasteiger partial charge is 0.481 e. The standard InChI is InChI=1S/C26H30N4O5/c1-2-19(20(13-25(31)32)17-6-8-22-23(12-17)35-15-34-22)21-14-24(30-29-21)33-11-9-18-7-5-16-4-3-10-27-26(16)28-18/h5-8,12,14,19-20H,2-4,9-11,13,15H2,1H3,(H,27,28)(H,29,30)(H,31,32). The second-order valence-corrected chi connectivity index (χ2v) is 8.93. The molecule has 2 aliphatic rings. The molecule has 4 heterocycles. The highest BCUT2D eigenvalue weighted by atomic mass is 16.7. The summed E-state index contributed by atoms with van der Waals surface area (Å²) in [6, 6.07) is 11.7. The number of anilines is 1. The topological polar surface area (TPSA) is 119 Å². The molecule has 9 heteroatoms. The molecular formula is C26H30N4O5. The van der Waals surface area contributed by atoms with Gasteiger partial charge in [0.05, 0.1) is 13.0 Å². The van der Waals surface area contributed by atoms with E-state index in [9.17, 15) is 9.90 Å². The number of aromatic amines is 1. The monoisotopic (exact) mass is 478 g/mol.